The highest BCUT2D eigenvalue weighted by Gasteiger charge is 2.20. The lowest BCUT2D eigenvalue weighted by atomic mass is 10.3. The predicted octanol–water partition coefficient (Wildman–Crippen LogP) is 0.0140. The summed E-state index contributed by atoms with van der Waals surface area (Å²) in [6, 6.07) is 2.10. The molecule has 64 valence electrons. The van der Waals surface area contributed by atoms with Crippen molar-refractivity contribution in [3.8, 4) is 0 Å². The molecule has 2 rings (SSSR count). The van der Waals surface area contributed by atoms with Gasteiger partial charge in [0.1, 0.15) is 0 Å². The first-order chi connectivity index (χ1) is 5.86. The summed E-state index contributed by atoms with van der Waals surface area (Å²) in [5.41, 5.74) is 5.77. The Morgan fingerprint density at radius 1 is 1.42 bits per heavy atom. The van der Waals surface area contributed by atoms with Crippen molar-refractivity contribution in [2.75, 3.05) is 18.0 Å². The van der Waals surface area contributed by atoms with Crippen molar-refractivity contribution in [2.24, 2.45) is 5.73 Å². The summed E-state index contributed by atoms with van der Waals surface area (Å²) in [7, 11) is 0. The van der Waals surface area contributed by atoms with Crippen LogP contribution in [0.1, 0.15) is 6.42 Å². The first kappa shape index (κ1) is 7.49. The lowest BCUT2D eigenvalue weighted by Crippen LogP contribution is -2.27. The molecule has 1 unspecified atom stereocenters. The predicted molar refractivity (Wildman–Crippen MR) is 46.8 cm³/mol. The molecule has 12 heavy (non-hydrogen) atoms. The van der Waals surface area contributed by atoms with Crippen molar-refractivity contribution >= 4 is 5.95 Å². The number of anilines is 1. The zero-order chi connectivity index (χ0) is 8.39. The summed E-state index contributed by atoms with van der Waals surface area (Å²) in [6.45, 7) is 1.86. The van der Waals surface area contributed by atoms with E-state index >= 15 is 0 Å². The lowest BCUT2D eigenvalue weighted by molar-refractivity contribution is 0.750. The summed E-state index contributed by atoms with van der Waals surface area (Å²) < 4.78 is 0. The minimum absolute atomic E-state index is 0.286. The summed E-state index contributed by atoms with van der Waals surface area (Å²) in [4.78, 5) is 10.4. The van der Waals surface area contributed by atoms with Crippen molar-refractivity contribution in [1.82, 2.24) is 9.97 Å². The lowest BCUT2D eigenvalue weighted by Gasteiger charge is -2.14. The standard InChI is InChI=1S/C8H12N4/c9-7-2-5-12(6-7)8-10-3-1-4-11-8/h1,3-4,7H,2,5-6,9H2. The maximum Gasteiger partial charge on any atom is 0.225 e. The van der Waals surface area contributed by atoms with Crippen LogP contribution in [0.5, 0.6) is 0 Å². The highest BCUT2D eigenvalue weighted by atomic mass is 15.3. The van der Waals surface area contributed by atoms with Crippen molar-refractivity contribution in [3.63, 3.8) is 0 Å². The van der Waals surface area contributed by atoms with Crippen LogP contribution in [-0.2, 0) is 0 Å². The highest BCUT2D eigenvalue weighted by Crippen LogP contribution is 2.12. The second kappa shape index (κ2) is 3.06. The van der Waals surface area contributed by atoms with Gasteiger partial charge in [0.05, 0.1) is 0 Å². The van der Waals surface area contributed by atoms with Gasteiger partial charge in [-0.3, -0.25) is 0 Å². The molecule has 1 aliphatic rings. The third kappa shape index (κ3) is 1.38. The molecule has 0 saturated carbocycles. The Labute approximate surface area is 71.4 Å². The molecule has 0 radical (unpaired) electrons. The van der Waals surface area contributed by atoms with E-state index in [1.54, 1.807) is 12.4 Å². The van der Waals surface area contributed by atoms with Crippen molar-refractivity contribution < 1.29 is 0 Å². The van der Waals surface area contributed by atoms with Crippen LogP contribution < -0.4 is 10.6 Å². The molecule has 0 aliphatic carbocycles. The molecule has 0 bridgehead atoms. The van der Waals surface area contributed by atoms with E-state index in [-0.39, 0.29) is 6.04 Å². The van der Waals surface area contributed by atoms with Crippen LogP contribution in [0.3, 0.4) is 0 Å². The number of hydrogen-bond acceptors (Lipinski definition) is 4. The van der Waals surface area contributed by atoms with Crippen LogP contribution in [0.15, 0.2) is 18.5 Å². The SMILES string of the molecule is NC1CCN(c2ncccn2)C1. The molecular weight excluding hydrogens is 152 g/mol. The average molecular weight is 164 g/mol. The highest BCUT2D eigenvalue weighted by molar-refractivity contribution is 5.30. The molecule has 2 N–H and O–H groups in total. The van der Waals surface area contributed by atoms with Crippen LogP contribution in [-0.4, -0.2) is 29.1 Å². The van der Waals surface area contributed by atoms with Gasteiger partial charge in [0.15, 0.2) is 0 Å². The van der Waals surface area contributed by atoms with E-state index < -0.39 is 0 Å². The average Bonchev–Trinajstić information content (AvgIpc) is 2.54. The van der Waals surface area contributed by atoms with Gasteiger partial charge in [-0.15, -0.1) is 0 Å². The van der Waals surface area contributed by atoms with E-state index in [9.17, 15) is 0 Å². The molecule has 4 nitrogen and oxygen atoms in total. The van der Waals surface area contributed by atoms with Gasteiger partial charge < -0.3 is 10.6 Å². The first-order valence-electron chi connectivity index (χ1n) is 4.14. The summed E-state index contributed by atoms with van der Waals surface area (Å²) in [5, 5.41) is 0. The van der Waals surface area contributed by atoms with Gasteiger partial charge in [-0.25, -0.2) is 9.97 Å². The smallest absolute Gasteiger partial charge is 0.225 e. The zero-order valence-corrected chi connectivity index (χ0v) is 6.85. The minimum atomic E-state index is 0.286. The third-order valence-corrected chi connectivity index (χ3v) is 2.06. The number of rotatable bonds is 1. The van der Waals surface area contributed by atoms with E-state index in [4.69, 9.17) is 5.73 Å². The Hall–Kier alpha value is -1.16. The van der Waals surface area contributed by atoms with Crippen molar-refractivity contribution in [1.29, 1.82) is 0 Å². The summed E-state index contributed by atoms with van der Waals surface area (Å²) in [5.74, 6) is 0.797. The molecular formula is C8H12N4. The Bertz CT molecular complexity index is 248. The molecule has 1 aliphatic heterocycles. The van der Waals surface area contributed by atoms with E-state index in [0.29, 0.717) is 0 Å². The molecule has 1 saturated heterocycles. The largest absolute Gasteiger partial charge is 0.339 e. The monoisotopic (exact) mass is 164 g/mol. The number of nitrogens with two attached hydrogens (primary N) is 1. The molecule has 0 aromatic carbocycles. The van der Waals surface area contributed by atoms with Crippen LogP contribution >= 0.6 is 0 Å². The Kier molecular flexibility index (Phi) is 1.91. The Morgan fingerprint density at radius 3 is 2.75 bits per heavy atom. The van der Waals surface area contributed by atoms with Gasteiger partial charge in [0.25, 0.3) is 0 Å². The fraction of sp³-hybridized carbons (Fsp3) is 0.500. The van der Waals surface area contributed by atoms with Crippen LogP contribution in [0.25, 0.3) is 0 Å². The normalized spacial score (nSPS) is 23.1. The van der Waals surface area contributed by atoms with Crippen LogP contribution in [0.2, 0.25) is 0 Å². The molecule has 2 heterocycles. The van der Waals surface area contributed by atoms with E-state index in [1.807, 2.05) is 6.07 Å². The van der Waals surface area contributed by atoms with E-state index in [1.165, 1.54) is 0 Å². The Balaban J connectivity index is 2.11. The van der Waals surface area contributed by atoms with Gasteiger partial charge in [0, 0.05) is 31.5 Å². The van der Waals surface area contributed by atoms with Gasteiger partial charge in [-0.1, -0.05) is 0 Å². The molecule has 1 fully saturated rings. The molecule has 0 amide bonds. The van der Waals surface area contributed by atoms with Crippen molar-refractivity contribution in [3.05, 3.63) is 18.5 Å². The quantitative estimate of drug-likeness (QED) is 0.635. The van der Waals surface area contributed by atoms with Crippen molar-refractivity contribution in [2.45, 2.75) is 12.5 Å². The molecule has 4 heteroatoms. The number of nitrogens with zero attached hydrogens (tertiary/aromatic N) is 3. The number of hydrogen-bond donors (Lipinski definition) is 1. The third-order valence-electron chi connectivity index (χ3n) is 2.06. The molecule has 1 aromatic rings. The zero-order valence-electron chi connectivity index (χ0n) is 6.85. The van der Waals surface area contributed by atoms with Gasteiger partial charge >= 0.3 is 0 Å². The summed E-state index contributed by atoms with van der Waals surface area (Å²) in [6.07, 6.45) is 4.55. The molecule has 1 atom stereocenters. The minimum Gasteiger partial charge on any atom is -0.339 e. The first-order valence-corrected chi connectivity index (χ1v) is 4.14. The van der Waals surface area contributed by atoms with Gasteiger partial charge in [-0.05, 0) is 12.5 Å². The fourth-order valence-corrected chi connectivity index (χ4v) is 1.42. The number of aromatic nitrogens is 2. The fourth-order valence-electron chi connectivity index (χ4n) is 1.42. The maximum absolute atomic E-state index is 5.77. The molecule has 0 spiro atoms. The second-order valence-corrected chi connectivity index (χ2v) is 3.04. The van der Waals surface area contributed by atoms with E-state index in [0.717, 1.165) is 25.5 Å². The molecule has 1 aromatic heterocycles. The van der Waals surface area contributed by atoms with E-state index in [2.05, 4.69) is 14.9 Å². The van der Waals surface area contributed by atoms with Crippen LogP contribution in [0, 0.1) is 0 Å². The van der Waals surface area contributed by atoms with Crippen LogP contribution in [0.4, 0.5) is 5.95 Å². The second-order valence-electron chi connectivity index (χ2n) is 3.04. The van der Waals surface area contributed by atoms with Gasteiger partial charge in [0.2, 0.25) is 5.95 Å². The Morgan fingerprint density at radius 2 is 2.17 bits per heavy atom. The summed E-state index contributed by atoms with van der Waals surface area (Å²) >= 11 is 0. The topological polar surface area (TPSA) is 55.0 Å². The van der Waals surface area contributed by atoms with Gasteiger partial charge in [-0.2, -0.15) is 0 Å². The maximum atomic E-state index is 5.77.